The first kappa shape index (κ1) is 9.05. The summed E-state index contributed by atoms with van der Waals surface area (Å²) in [5.41, 5.74) is 0. The topological polar surface area (TPSA) is 35.0 Å². The molecule has 0 radical (unpaired) electrons. The molecule has 0 aliphatic carbocycles. The van der Waals surface area contributed by atoms with Crippen LogP contribution in [-0.2, 0) is 0 Å². The minimum atomic E-state index is -4.75. The van der Waals surface area contributed by atoms with Crippen molar-refractivity contribution in [2.75, 3.05) is 0 Å². The number of nitrogens with zero attached hydrogens (tertiary/aromatic N) is 2. The lowest BCUT2D eigenvalue weighted by Gasteiger charge is -2.05. The summed E-state index contributed by atoms with van der Waals surface area (Å²) in [6, 6.07) is 0. The first-order chi connectivity index (χ1) is 5.47. The number of ether oxygens (including phenoxy) is 1. The van der Waals surface area contributed by atoms with Gasteiger partial charge in [0.2, 0.25) is 5.88 Å². The molecule has 1 aromatic heterocycles. The van der Waals surface area contributed by atoms with Crippen molar-refractivity contribution in [2.45, 2.75) is 6.36 Å². The van der Waals surface area contributed by atoms with Crippen LogP contribution in [0, 0.1) is 0 Å². The second-order valence-electron chi connectivity index (χ2n) is 1.73. The summed E-state index contributed by atoms with van der Waals surface area (Å²) in [4.78, 5) is 6.57. The molecule has 0 unspecified atom stereocenters. The monoisotopic (exact) mass is 198 g/mol. The van der Waals surface area contributed by atoms with E-state index in [9.17, 15) is 13.2 Å². The van der Waals surface area contributed by atoms with Crippen LogP contribution in [0.4, 0.5) is 13.2 Å². The van der Waals surface area contributed by atoms with E-state index >= 15 is 0 Å². The van der Waals surface area contributed by atoms with E-state index < -0.39 is 12.2 Å². The lowest BCUT2D eigenvalue weighted by Crippen LogP contribution is -2.17. The van der Waals surface area contributed by atoms with Gasteiger partial charge < -0.3 is 4.74 Å². The molecule has 1 heterocycles. The van der Waals surface area contributed by atoms with Crippen molar-refractivity contribution in [3.8, 4) is 5.88 Å². The van der Waals surface area contributed by atoms with E-state index in [1.165, 1.54) is 0 Å². The molecule has 0 aliphatic rings. The van der Waals surface area contributed by atoms with Gasteiger partial charge in [-0.3, -0.25) is 0 Å². The summed E-state index contributed by atoms with van der Waals surface area (Å²) >= 11 is 5.27. The van der Waals surface area contributed by atoms with Crippen molar-refractivity contribution < 1.29 is 17.9 Å². The molecule has 7 heteroatoms. The molecule has 0 saturated heterocycles. The Kier molecular flexibility index (Phi) is 2.37. The molecule has 66 valence electrons. The summed E-state index contributed by atoms with van der Waals surface area (Å²) in [6.45, 7) is 0. The van der Waals surface area contributed by atoms with Gasteiger partial charge in [-0.2, -0.15) is 0 Å². The predicted octanol–water partition coefficient (Wildman–Crippen LogP) is 2.03. The van der Waals surface area contributed by atoms with Crippen molar-refractivity contribution >= 4 is 11.6 Å². The fraction of sp³-hybridized carbons (Fsp3) is 0.200. The third kappa shape index (κ3) is 2.91. The van der Waals surface area contributed by atoms with Crippen molar-refractivity contribution in [1.29, 1.82) is 0 Å². The summed E-state index contributed by atoms with van der Waals surface area (Å²) in [7, 11) is 0. The Balaban J connectivity index is 2.71. The van der Waals surface area contributed by atoms with E-state index in [0.29, 0.717) is 0 Å². The largest absolute Gasteiger partial charge is 0.574 e. The van der Waals surface area contributed by atoms with Crippen molar-refractivity contribution in [3.05, 3.63) is 17.5 Å². The molecule has 0 aromatic carbocycles. The summed E-state index contributed by atoms with van der Waals surface area (Å²) in [5, 5.41) is 0.00419. The molecule has 12 heavy (non-hydrogen) atoms. The molecule has 1 aromatic rings. The van der Waals surface area contributed by atoms with E-state index in [4.69, 9.17) is 11.6 Å². The van der Waals surface area contributed by atoms with Gasteiger partial charge in [0, 0.05) is 0 Å². The maximum atomic E-state index is 11.5. The quantitative estimate of drug-likeness (QED) is 0.693. The number of alkyl halides is 3. The van der Waals surface area contributed by atoms with Gasteiger partial charge in [-0.15, -0.1) is 13.2 Å². The van der Waals surface area contributed by atoms with Crippen LogP contribution in [-0.4, -0.2) is 16.3 Å². The van der Waals surface area contributed by atoms with E-state index in [1.807, 2.05) is 0 Å². The zero-order chi connectivity index (χ0) is 9.19. The lowest BCUT2D eigenvalue weighted by atomic mass is 10.7. The molecule has 0 spiro atoms. The first-order valence-electron chi connectivity index (χ1n) is 2.71. The predicted molar refractivity (Wildman–Crippen MR) is 33.7 cm³/mol. The number of aromatic nitrogens is 2. The van der Waals surface area contributed by atoms with E-state index in [2.05, 4.69) is 14.7 Å². The third-order valence-corrected chi connectivity index (χ3v) is 1.01. The Morgan fingerprint density at radius 2 is 1.92 bits per heavy atom. The maximum absolute atomic E-state index is 11.5. The van der Waals surface area contributed by atoms with Gasteiger partial charge in [-0.1, -0.05) is 11.6 Å². The molecule has 0 N–H and O–H groups in total. The molecule has 3 nitrogen and oxygen atoms in total. The van der Waals surface area contributed by atoms with Gasteiger partial charge in [0.05, 0.1) is 12.4 Å². The SMILES string of the molecule is FC(F)(F)Oc1cnc(Cl)cn1. The van der Waals surface area contributed by atoms with Crippen molar-refractivity contribution in [2.24, 2.45) is 0 Å². The van der Waals surface area contributed by atoms with Crippen LogP contribution in [0.3, 0.4) is 0 Å². The number of rotatable bonds is 1. The second kappa shape index (κ2) is 3.14. The molecule has 1 rings (SSSR count). The molecular weight excluding hydrogens is 197 g/mol. The van der Waals surface area contributed by atoms with Crippen LogP contribution in [0.2, 0.25) is 5.15 Å². The zero-order valence-electron chi connectivity index (χ0n) is 5.47. The van der Waals surface area contributed by atoms with Gasteiger partial charge in [-0.05, 0) is 0 Å². The smallest absolute Gasteiger partial charge is 0.386 e. The van der Waals surface area contributed by atoms with E-state index in [0.717, 1.165) is 12.4 Å². The van der Waals surface area contributed by atoms with Crippen LogP contribution >= 0.6 is 11.6 Å². The first-order valence-corrected chi connectivity index (χ1v) is 3.08. The van der Waals surface area contributed by atoms with Crippen molar-refractivity contribution in [1.82, 2.24) is 9.97 Å². The maximum Gasteiger partial charge on any atom is 0.574 e. The van der Waals surface area contributed by atoms with Gasteiger partial charge in [0.1, 0.15) is 5.15 Å². The minimum Gasteiger partial charge on any atom is -0.386 e. The molecule has 0 aliphatic heterocycles. The highest BCUT2D eigenvalue weighted by molar-refractivity contribution is 6.29. The molecule has 0 bridgehead atoms. The van der Waals surface area contributed by atoms with Crippen LogP contribution < -0.4 is 4.74 Å². The van der Waals surface area contributed by atoms with Gasteiger partial charge in [-0.25, -0.2) is 9.97 Å². The lowest BCUT2D eigenvalue weighted by molar-refractivity contribution is -0.276. The average molecular weight is 199 g/mol. The standard InChI is InChI=1S/C5H2ClF3N2O/c6-3-1-11-4(2-10-3)12-5(7,8)9/h1-2H. The highest BCUT2D eigenvalue weighted by Gasteiger charge is 2.31. The van der Waals surface area contributed by atoms with E-state index in [1.54, 1.807) is 0 Å². The average Bonchev–Trinajstić information content (AvgIpc) is 1.91. The molecular formula is C5H2ClF3N2O. The molecule has 0 atom stereocenters. The number of hydrogen-bond acceptors (Lipinski definition) is 3. The normalized spacial score (nSPS) is 11.3. The van der Waals surface area contributed by atoms with Gasteiger partial charge in [0.15, 0.2) is 0 Å². The summed E-state index contributed by atoms with van der Waals surface area (Å²) in [6.07, 6.45) is -3.00. The van der Waals surface area contributed by atoms with Crippen LogP contribution in [0.15, 0.2) is 12.4 Å². The Hall–Kier alpha value is -1.04. The zero-order valence-corrected chi connectivity index (χ0v) is 6.23. The fourth-order valence-electron chi connectivity index (χ4n) is 0.472. The van der Waals surface area contributed by atoms with Crippen LogP contribution in [0.25, 0.3) is 0 Å². The van der Waals surface area contributed by atoms with Crippen LogP contribution in [0.5, 0.6) is 5.88 Å². The highest BCUT2D eigenvalue weighted by atomic mass is 35.5. The van der Waals surface area contributed by atoms with Crippen LogP contribution in [0.1, 0.15) is 0 Å². The van der Waals surface area contributed by atoms with Crippen molar-refractivity contribution in [3.63, 3.8) is 0 Å². The van der Waals surface area contributed by atoms with Gasteiger partial charge >= 0.3 is 6.36 Å². The second-order valence-corrected chi connectivity index (χ2v) is 2.11. The Labute approximate surface area is 70.1 Å². The Morgan fingerprint density at radius 1 is 1.25 bits per heavy atom. The third-order valence-electron chi connectivity index (χ3n) is 0.817. The number of hydrogen-bond donors (Lipinski definition) is 0. The number of halogens is 4. The molecule has 0 amide bonds. The Morgan fingerprint density at radius 3 is 2.33 bits per heavy atom. The molecule has 0 saturated carbocycles. The minimum absolute atomic E-state index is 0.00419. The molecule has 0 fully saturated rings. The van der Waals surface area contributed by atoms with Gasteiger partial charge in [0.25, 0.3) is 0 Å². The Bertz CT molecular complexity index is 260. The fourth-order valence-corrected chi connectivity index (χ4v) is 0.569. The highest BCUT2D eigenvalue weighted by Crippen LogP contribution is 2.19. The van der Waals surface area contributed by atoms with E-state index in [-0.39, 0.29) is 5.15 Å². The summed E-state index contributed by atoms with van der Waals surface area (Å²) < 4.78 is 38.0. The summed E-state index contributed by atoms with van der Waals surface area (Å²) in [5.74, 6) is -0.632.